The molecule has 1 atom stereocenters. The second kappa shape index (κ2) is 6.02. The number of aryl methyl sites for hydroxylation is 1. The van der Waals surface area contributed by atoms with E-state index in [4.69, 9.17) is 0 Å². The summed E-state index contributed by atoms with van der Waals surface area (Å²) >= 11 is 0. The van der Waals surface area contributed by atoms with Crippen LogP contribution in [0.2, 0.25) is 0 Å². The summed E-state index contributed by atoms with van der Waals surface area (Å²) in [4.78, 5) is 0. The SMILES string of the molecule is CNC(Cc1ccc(C(C)C)cc1)c1ccnn1C. The Morgan fingerprint density at radius 1 is 1.16 bits per heavy atom. The molecule has 1 N–H and O–H groups in total. The molecule has 3 heteroatoms. The lowest BCUT2D eigenvalue weighted by Gasteiger charge is -2.17. The smallest absolute Gasteiger partial charge is 0.0553 e. The fourth-order valence-corrected chi connectivity index (χ4v) is 2.35. The van der Waals surface area contributed by atoms with Crippen LogP contribution in [-0.4, -0.2) is 16.8 Å². The van der Waals surface area contributed by atoms with Gasteiger partial charge in [-0.15, -0.1) is 0 Å². The standard InChI is InChI=1S/C16H23N3/c1-12(2)14-7-5-13(6-8-14)11-15(17-3)16-9-10-18-19(16)4/h5-10,12,15,17H,11H2,1-4H3. The number of aromatic nitrogens is 2. The molecular weight excluding hydrogens is 234 g/mol. The first-order chi connectivity index (χ1) is 9.11. The van der Waals surface area contributed by atoms with Crippen molar-refractivity contribution in [3.63, 3.8) is 0 Å². The summed E-state index contributed by atoms with van der Waals surface area (Å²) in [5.41, 5.74) is 3.96. The molecule has 2 aromatic rings. The number of rotatable bonds is 5. The zero-order valence-corrected chi connectivity index (χ0v) is 12.2. The molecule has 1 heterocycles. The highest BCUT2D eigenvalue weighted by Crippen LogP contribution is 2.20. The summed E-state index contributed by atoms with van der Waals surface area (Å²) in [5, 5.41) is 7.61. The fourth-order valence-electron chi connectivity index (χ4n) is 2.35. The van der Waals surface area contributed by atoms with Gasteiger partial charge in [0, 0.05) is 13.2 Å². The minimum Gasteiger partial charge on any atom is -0.311 e. The van der Waals surface area contributed by atoms with Gasteiger partial charge in [-0.3, -0.25) is 4.68 Å². The third-order valence-corrected chi connectivity index (χ3v) is 3.65. The quantitative estimate of drug-likeness (QED) is 0.892. The molecule has 0 bridgehead atoms. The zero-order valence-electron chi connectivity index (χ0n) is 12.2. The lowest BCUT2D eigenvalue weighted by atomic mass is 9.98. The van der Waals surface area contributed by atoms with E-state index in [1.807, 2.05) is 25.0 Å². The molecule has 0 saturated heterocycles. The summed E-state index contributed by atoms with van der Waals surface area (Å²) in [6.45, 7) is 4.45. The van der Waals surface area contributed by atoms with Gasteiger partial charge in [-0.1, -0.05) is 38.1 Å². The van der Waals surface area contributed by atoms with Crippen LogP contribution in [-0.2, 0) is 13.5 Å². The highest BCUT2D eigenvalue weighted by molar-refractivity contribution is 5.26. The Morgan fingerprint density at radius 2 is 1.84 bits per heavy atom. The topological polar surface area (TPSA) is 29.9 Å². The molecule has 1 unspecified atom stereocenters. The van der Waals surface area contributed by atoms with Gasteiger partial charge in [-0.2, -0.15) is 5.10 Å². The van der Waals surface area contributed by atoms with E-state index in [1.165, 1.54) is 16.8 Å². The summed E-state index contributed by atoms with van der Waals surface area (Å²) in [6.07, 6.45) is 2.83. The fraction of sp³-hybridized carbons (Fsp3) is 0.438. The summed E-state index contributed by atoms with van der Waals surface area (Å²) in [7, 11) is 3.99. The van der Waals surface area contributed by atoms with Crippen molar-refractivity contribution in [2.45, 2.75) is 32.2 Å². The maximum atomic E-state index is 4.24. The van der Waals surface area contributed by atoms with Gasteiger partial charge in [-0.25, -0.2) is 0 Å². The Labute approximate surface area is 115 Å². The van der Waals surface area contributed by atoms with Crippen LogP contribution in [0.4, 0.5) is 0 Å². The molecule has 0 spiro atoms. The number of benzene rings is 1. The van der Waals surface area contributed by atoms with Crippen LogP contribution in [0.1, 0.15) is 42.6 Å². The van der Waals surface area contributed by atoms with Gasteiger partial charge in [0.15, 0.2) is 0 Å². The predicted octanol–water partition coefficient (Wildman–Crippen LogP) is 3.05. The lowest BCUT2D eigenvalue weighted by Crippen LogP contribution is -2.21. The maximum absolute atomic E-state index is 4.24. The van der Waals surface area contributed by atoms with Gasteiger partial charge < -0.3 is 5.32 Å². The number of hydrogen-bond donors (Lipinski definition) is 1. The average Bonchev–Trinajstić information content (AvgIpc) is 2.83. The number of nitrogens with zero attached hydrogens (tertiary/aromatic N) is 2. The summed E-state index contributed by atoms with van der Waals surface area (Å²) < 4.78 is 1.93. The number of nitrogens with one attached hydrogen (secondary N) is 1. The molecule has 0 radical (unpaired) electrons. The zero-order chi connectivity index (χ0) is 13.8. The molecular formula is C16H23N3. The molecule has 1 aromatic heterocycles. The molecule has 0 aliphatic rings. The van der Waals surface area contributed by atoms with Gasteiger partial charge >= 0.3 is 0 Å². The lowest BCUT2D eigenvalue weighted by molar-refractivity contribution is 0.537. The highest BCUT2D eigenvalue weighted by atomic mass is 15.3. The highest BCUT2D eigenvalue weighted by Gasteiger charge is 2.13. The molecule has 102 valence electrons. The van der Waals surface area contributed by atoms with Crippen LogP contribution in [0, 0.1) is 0 Å². The molecule has 1 aromatic carbocycles. The van der Waals surface area contributed by atoms with Gasteiger partial charge in [-0.05, 0) is 36.6 Å². The van der Waals surface area contributed by atoms with E-state index in [9.17, 15) is 0 Å². The van der Waals surface area contributed by atoms with Crippen molar-refractivity contribution in [1.29, 1.82) is 0 Å². The molecule has 2 rings (SSSR count). The minimum absolute atomic E-state index is 0.303. The van der Waals surface area contributed by atoms with Crippen molar-refractivity contribution >= 4 is 0 Å². The average molecular weight is 257 g/mol. The van der Waals surface area contributed by atoms with E-state index in [-0.39, 0.29) is 0 Å². The van der Waals surface area contributed by atoms with Crippen LogP contribution in [0.3, 0.4) is 0 Å². The Hall–Kier alpha value is -1.61. The van der Waals surface area contributed by atoms with Crippen LogP contribution < -0.4 is 5.32 Å². The van der Waals surface area contributed by atoms with E-state index < -0.39 is 0 Å². The summed E-state index contributed by atoms with van der Waals surface area (Å²) in [5.74, 6) is 0.589. The Balaban J connectivity index is 2.13. The molecule has 0 amide bonds. The van der Waals surface area contributed by atoms with Crippen LogP contribution in [0.25, 0.3) is 0 Å². The first-order valence-electron chi connectivity index (χ1n) is 6.85. The van der Waals surface area contributed by atoms with Crippen molar-refractivity contribution in [3.8, 4) is 0 Å². The van der Waals surface area contributed by atoms with Crippen LogP contribution in [0.5, 0.6) is 0 Å². The molecule has 0 aliphatic heterocycles. The van der Waals surface area contributed by atoms with Gasteiger partial charge in [0.1, 0.15) is 0 Å². The first kappa shape index (κ1) is 13.8. The van der Waals surface area contributed by atoms with E-state index in [2.05, 4.69) is 54.6 Å². The Kier molecular flexibility index (Phi) is 4.38. The van der Waals surface area contributed by atoms with Crippen molar-refractivity contribution in [2.24, 2.45) is 7.05 Å². The Morgan fingerprint density at radius 3 is 2.32 bits per heavy atom. The largest absolute Gasteiger partial charge is 0.311 e. The van der Waals surface area contributed by atoms with Crippen molar-refractivity contribution in [2.75, 3.05) is 7.05 Å². The van der Waals surface area contributed by atoms with E-state index in [0.717, 1.165) is 6.42 Å². The molecule has 0 fully saturated rings. The van der Waals surface area contributed by atoms with Gasteiger partial charge in [0.05, 0.1) is 11.7 Å². The second-order valence-corrected chi connectivity index (χ2v) is 5.32. The number of hydrogen-bond acceptors (Lipinski definition) is 2. The third-order valence-electron chi connectivity index (χ3n) is 3.65. The second-order valence-electron chi connectivity index (χ2n) is 5.32. The van der Waals surface area contributed by atoms with E-state index in [1.54, 1.807) is 0 Å². The maximum Gasteiger partial charge on any atom is 0.0553 e. The molecule has 3 nitrogen and oxygen atoms in total. The van der Waals surface area contributed by atoms with E-state index >= 15 is 0 Å². The van der Waals surface area contributed by atoms with Crippen molar-refractivity contribution in [3.05, 3.63) is 53.3 Å². The monoisotopic (exact) mass is 257 g/mol. The minimum atomic E-state index is 0.303. The first-order valence-corrected chi connectivity index (χ1v) is 6.85. The van der Waals surface area contributed by atoms with E-state index in [0.29, 0.717) is 12.0 Å². The van der Waals surface area contributed by atoms with Crippen LogP contribution in [0.15, 0.2) is 36.5 Å². The number of likely N-dealkylation sites (N-methyl/N-ethyl adjacent to an activating group) is 1. The normalized spacial score (nSPS) is 12.9. The van der Waals surface area contributed by atoms with Crippen molar-refractivity contribution in [1.82, 2.24) is 15.1 Å². The molecule has 19 heavy (non-hydrogen) atoms. The molecule has 0 aliphatic carbocycles. The predicted molar refractivity (Wildman–Crippen MR) is 79.2 cm³/mol. The van der Waals surface area contributed by atoms with Crippen LogP contribution >= 0.6 is 0 Å². The van der Waals surface area contributed by atoms with Gasteiger partial charge in [0.25, 0.3) is 0 Å². The third kappa shape index (κ3) is 3.24. The molecule has 0 saturated carbocycles. The summed E-state index contributed by atoms with van der Waals surface area (Å²) in [6, 6.07) is 11.3. The van der Waals surface area contributed by atoms with Gasteiger partial charge in [0.2, 0.25) is 0 Å². The van der Waals surface area contributed by atoms with Crippen molar-refractivity contribution < 1.29 is 0 Å². The Bertz CT molecular complexity index is 511.